The second-order valence-electron chi connectivity index (χ2n) is 7.77. The molecule has 1 aromatic carbocycles. The van der Waals surface area contributed by atoms with Crippen LogP contribution in [0.4, 0.5) is 0 Å². The van der Waals surface area contributed by atoms with E-state index in [1.165, 1.54) is 12.7 Å². The molecule has 1 aliphatic rings. The third-order valence-electron chi connectivity index (χ3n) is 5.34. The summed E-state index contributed by atoms with van der Waals surface area (Å²) in [4.78, 5) is 6.93. The summed E-state index contributed by atoms with van der Waals surface area (Å²) in [6, 6.07) is 6.94. The number of hydrogen-bond donors (Lipinski definition) is 2. The minimum absolute atomic E-state index is 0. The van der Waals surface area contributed by atoms with E-state index in [1.807, 2.05) is 24.0 Å². The van der Waals surface area contributed by atoms with Crippen molar-refractivity contribution in [3.63, 3.8) is 0 Å². The van der Waals surface area contributed by atoms with Gasteiger partial charge in [0, 0.05) is 53.6 Å². The van der Waals surface area contributed by atoms with Crippen LogP contribution in [0.25, 0.3) is 0 Å². The highest BCUT2D eigenvalue weighted by Crippen LogP contribution is 2.21. The second kappa shape index (κ2) is 12.5. The van der Waals surface area contributed by atoms with Crippen LogP contribution in [0.3, 0.4) is 0 Å². The van der Waals surface area contributed by atoms with Gasteiger partial charge in [-0.3, -0.25) is 9.67 Å². The van der Waals surface area contributed by atoms with Gasteiger partial charge >= 0.3 is 0 Å². The first-order valence-corrected chi connectivity index (χ1v) is 11.9. The highest BCUT2D eigenvalue weighted by atomic mass is 127. The fourth-order valence-corrected chi connectivity index (χ4v) is 4.88. The minimum Gasteiger partial charge on any atom is -0.383 e. The lowest BCUT2D eigenvalue weighted by Crippen LogP contribution is -2.39. The van der Waals surface area contributed by atoms with E-state index in [-0.39, 0.29) is 35.4 Å². The number of likely N-dealkylation sites (tertiary alicyclic amines) is 1. The van der Waals surface area contributed by atoms with Crippen LogP contribution < -0.4 is 10.0 Å². The van der Waals surface area contributed by atoms with E-state index in [1.54, 1.807) is 25.2 Å². The van der Waals surface area contributed by atoms with Gasteiger partial charge in [-0.1, -0.05) is 12.1 Å². The number of hydrogen-bond acceptors (Lipinski definition) is 5. The van der Waals surface area contributed by atoms with E-state index in [2.05, 4.69) is 31.2 Å². The standard InChI is InChI=1S/C21H32N6O3S.HI/c1-22-21(27-9-7-18(16-27)11-19-14-24-26(2)15-19)23-13-17-5-4-6-20(12-17)31(28,29)25-8-10-30-3;/h4-6,12,14-15,18,25H,7-11,13,16H2,1-3H3,(H,22,23);1H. The molecule has 1 fully saturated rings. The minimum atomic E-state index is -3.56. The van der Waals surface area contributed by atoms with Crippen molar-refractivity contribution in [1.82, 2.24) is 24.7 Å². The van der Waals surface area contributed by atoms with Crippen molar-refractivity contribution in [2.75, 3.05) is 40.4 Å². The molecule has 1 saturated heterocycles. The number of nitrogens with zero attached hydrogens (tertiary/aromatic N) is 4. The van der Waals surface area contributed by atoms with E-state index in [0.29, 0.717) is 19.1 Å². The van der Waals surface area contributed by atoms with E-state index in [4.69, 9.17) is 4.74 Å². The molecular formula is C21H33IN6O3S. The number of rotatable bonds is 9. The molecule has 3 rings (SSSR count). The summed E-state index contributed by atoms with van der Waals surface area (Å²) in [5.41, 5.74) is 2.14. The fourth-order valence-electron chi connectivity index (χ4n) is 3.80. The second-order valence-corrected chi connectivity index (χ2v) is 9.53. The lowest BCUT2D eigenvalue weighted by atomic mass is 10.0. The van der Waals surface area contributed by atoms with Gasteiger partial charge in [0.05, 0.1) is 17.7 Å². The lowest BCUT2D eigenvalue weighted by molar-refractivity contribution is 0.204. The molecule has 0 spiro atoms. The van der Waals surface area contributed by atoms with Gasteiger partial charge in [-0.2, -0.15) is 5.10 Å². The quantitative estimate of drug-likeness (QED) is 0.204. The maximum atomic E-state index is 12.4. The Kier molecular flexibility index (Phi) is 10.4. The third-order valence-corrected chi connectivity index (χ3v) is 6.80. The summed E-state index contributed by atoms with van der Waals surface area (Å²) in [6.07, 6.45) is 6.12. The smallest absolute Gasteiger partial charge is 0.240 e. The molecule has 2 aromatic rings. The first kappa shape index (κ1) is 26.6. The third kappa shape index (κ3) is 7.42. The van der Waals surface area contributed by atoms with Gasteiger partial charge in [0.2, 0.25) is 10.0 Å². The number of benzene rings is 1. The van der Waals surface area contributed by atoms with Gasteiger partial charge in [0.25, 0.3) is 0 Å². The molecule has 0 aliphatic carbocycles. The Morgan fingerprint density at radius 1 is 1.34 bits per heavy atom. The average molecular weight is 577 g/mol. The molecule has 0 radical (unpaired) electrons. The normalized spacial score (nSPS) is 16.8. The van der Waals surface area contributed by atoms with E-state index < -0.39 is 10.0 Å². The SMILES string of the molecule is CN=C(NCc1cccc(S(=O)(=O)NCCOC)c1)N1CCC(Cc2cnn(C)c2)C1.I. The highest BCUT2D eigenvalue weighted by molar-refractivity contribution is 14.0. The maximum Gasteiger partial charge on any atom is 0.240 e. The van der Waals surface area contributed by atoms with Crippen LogP contribution in [0.15, 0.2) is 46.5 Å². The van der Waals surface area contributed by atoms with Crippen LogP contribution in [0, 0.1) is 5.92 Å². The van der Waals surface area contributed by atoms with Gasteiger partial charge in [0.1, 0.15) is 0 Å². The zero-order valence-electron chi connectivity index (χ0n) is 18.8. The molecule has 32 heavy (non-hydrogen) atoms. The zero-order chi connectivity index (χ0) is 22.3. The Morgan fingerprint density at radius 3 is 2.84 bits per heavy atom. The Bertz CT molecular complexity index is 995. The summed E-state index contributed by atoms with van der Waals surface area (Å²) in [6.45, 7) is 2.95. The highest BCUT2D eigenvalue weighted by Gasteiger charge is 2.25. The number of aliphatic imine (C=N–C) groups is 1. The molecule has 1 aromatic heterocycles. The van der Waals surface area contributed by atoms with Crippen LogP contribution in [-0.2, 0) is 34.8 Å². The van der Waals surface area contributed by atoms with Crippen molar-refractivity contribution in [1.29, 1.82) is 0 Å². The van der Waals surface area contributed by atoms with Crippen LogP contribution in [0.2, 0.25) is 0 Å². The Labute approximate surface area is 207 Å². The average Bonchev–Trinajstić information content (AvgIpc) is 3.38. The molecule has 0 bridgehead atoms. The van der Waals surface area contributed by atoms with Crippen molar-refractivity contribution in [2.24, 2.45) is 18.0 Å². The summed E-state index contributed by atoms with van der Waals surface area (Å²) in [5.74, 6) is 1.40. The maximum absolute atomic E-state index is 12.4. The monoisotopic (exact) mass is 576 g/mol. The van der Waals surface area contributed by atoms with Crippen molar-refractivity contribution in [3.8, 4) is 0 Å². The van der Waals surface area contributed by atoms with Crippen molar-refractivity contribution >= 4 is 40.0 Å². The number of aryl methyl sites for hydroxylation is 1. The van der Waals surface area contributed by atoms with Crippen LogP contribution in [0.1, 0.15) is 17.5 Å². The van der Waals surface area contributed by atoms with Crippen LogP contribution in [-0.4, -0.2) is 69.5 Å². The van der Waals surface area contributed by atoms with Gasteiger partial charge in [-0.05, 0) is 42.0 Å². The summed E-state index contributed by atoms with van der Waals surface area (Å²) in [5, 5.41) is 7.62. The number of halogens is 1. The van der Waals surface area contributed by atoms with E-state index in [9.17, 15) is 8.42 Å². The number of guanidine groups is 1. The fraction of sp³-hybridized carbons (Fsp3) is 0.524. The predicted octanol–water partition coefficient (Wildman–Crippen LogP) is 1.60. The Morgan fingerprint density at radius 2 is 2.16 bits per heavy atom. The number of methoxy groups -OCH3 is 1. The molecule has 178 valence electrons. The molecule has 0 amide bonds. The topological polar surface area (TPSA) is 101 Å². The first-order chi connectivity index (χ1) is 14.9. The number of ether oxygens (including phenoxy) is 1. The van der Waals surface area contributed by atoms with Crippen molar-refractivity contribution in [2.45, 2.75) is 24.3 Å². The van der Waals surface area contributed by atoms with Crippen molar-refractivity contribution < 1.29 is 13.2 Å². The van der Waals surface area contributed by atoms with Crippen molar-refractivity contribution in [3.05, 3.63) is 47.8 Å². The van der Waals surface area contributed by atoms with Gasteiger partial charge < -0.3 is 15.0 Å². The number of aromatic nitrogens is 2. The molecule has 1 atom stereocenters. The molecule has 1 unspecified atom stereocenters. The Hall–Kier alpha value is -1.70. The van der Waals surface area contributed by atoms with Gasteiger partial charge in [-0.25, -0.2) is 13.1 Å². The molecule has 2 heterocycles. The van der Waals surface area contributed by atoms with Crippen LogP contribution >= 0.6 is 24.0 Å². The first-order valence-electron chi connectivity index (χ1n) is 10.4. The van der Waals surface area contributed by atoms with Gasteiger partial charge in [0.15, 0.2) is 5.96 Å². The number of sulfonamides is 1. The molecule has 11 heteroatoms. The summed E-state index contributed by atoms with van der Waals surface area (Å²) < 4.78 is 34.1. The van der Waals surface area contributed by atoms with Crippen LogP contribution in [0.5, 0.6) is 0 Å². The number of nitrogens with one attached hydrogen (secondary N) is 2. The molecule has 1 aliphatic heterocycles. The molecule has 0 saturated carbocycles. The zero-order valence-corrected chi connectivity index (χ0v) is 22.0. The summed E-state index contributed by atoms with van der Waals surface area (Å²) in [7, 11) is 1.69. The van der Waals surface area contributed by atoms with E-state index in [0.717, 1.165) is 37.5 Å². The molecular weight excluding hydrogens is 543 g/mol. The predicted molar refractivity (Wildman–Crippen MR) is 136 cm³/mol. The van der Waals surface area contributed by atoms with E-state index >= 15 is 0 Å². The lowest BCUT2D eigenvalue weighted by Gasteiger charge is -2.22. The largest absolute Gasteiger partial charge is 0.383 e. The van der Waals surface area contributed by atoms with Gasteiger partial charge in [-0.15, -0.1) is 24.0 Å². The molecule has 9 nitrogen and oxygen atoms in total. The molecule has 2 N–H and O–H groups in total. The summed E-state index contributed by atoms with van der Waals surface area (Å²) >= 11 is 0. The Balaban J connectivity index is 0.00000363.